The van der Waals surface area contributed by atoms with E-state index in [0.717, 1.165) is 23.2 Å². The zero-order valence-electron chi connectivity index (χ0n) is 8.28. The van der Waals surface area contributed by atoms with Gasteiger partial charge in [0.15, 0.2) is 0 Å². The molecule has 0 aliphatic carbocycles. The van der Waals surface area contributed by atoms with E-state index in [4.69, 9.17) is 4.74 Å². The summed E-state index contributed by atoms with van der Waals surface area (Å²) in [5, 5.41) is 16.4. The quantitative estimate of drug-likeness (QED) is 0.755. The van der Waals surface area contributed by atoms with Gasteiger partial charge in [-0.2, -0.15) is 0 Å². The van der Waals surface area contributed by atoms with Crippen molar-refractivity contribution in [2.75, 3.05) is 25.5 Å². The molecule has 1 saturated heterocycles. The Kier molecular flexibility index (Phi) is 2.95. The Morgan fingerprint density at radius 1 is 1.50 bits per heavy atom. The second kappa shape index (κ2) is 4.20. The fourth-order valence-electron chi connectivity index (χ4n) is 1.56. The minimum Gasteiger partial charge on any atom is -0.378 e. The Morgan fingerprint density at radius 3 is 3.00 bits per heavy atom. The van der Waals surface area contributed by atoms with Crippen molar-refractivity contribution in [3.63, 3.8) is 0 Å². The Hall–Kier alpha value is -0.720. The number of nitrogens with one attached hydrogen (secondary N) is 2. The third-order valence-electron chi connectivity index (χ3n) is 2.30. The molecule has 6 heteroatoms. The average Bonchev–Trinajstić information content (AvgIpc) is 2.76. The lowest BCUT2D eigenvalue weighted by atomic mass is 10.2. The van der Waals surface area contributed by atoms with Gasteiger partial charge in [-0.15, -0.1) is 10.2 Å². The largest absolute Gasteiger partial charge is 0.378 e. The van der Waals surface area contributed by atoms with Crippen molar-refractivity contribution in [2.24, 2.45) is 0 Å². The highest BCUT2D eigenvalue weighted by molar-refractivity contribution is 7.15. The highest BCUT2D eigenvalue weighted by Gasteiger charge is 2.27. The van der Waals surface area contributed by atoms with Crippen LogP contribution in [0.4, 0.5) is 5.13 Å². The Balaban J connectivity index is 1.96. The standard InChI is InChI=1S/C8H14N4OS/c1-5-11-12-8(14-5)10-6-3-9-4-7(6)13-2/h6-7,9H,3-4H2,1-2H3,(H,10,12)/t6?,7-/m0/s1. The van der Waals surface area contributed by atoms with Gasteiger partial charge in [0.05, 0.1) is 12.1 Å². The van der Waals surface area contributed by atoms with Gasteiger partial charge in [-0.25, -0.2) is 0 Å². The molecule has 1 aromatic rings. The second-order valence-electron chi connectivity index (χ2n) is 3.31. The maximum Gasteiger partial charge on any atom is 0.206 e. The highest BCUT2D eigenvalue weighted by atomic mass is 32.1. The molecule has 2 rings (SSSR count). The van der Waals surface area contributed by atoms with Gasteiger partial charge in [-0.3, -0.25) is 0 Å². The van der Waals surface area contributed by atoms with E-state index in [1.165, 1.54) is 0 Å². The van der Waals surface area contributed by atoms with Crippen molar-refractivity contribution in [3.05, 3.63) is 5.01 Å². The van der Waals surface area contributed by atoms with Crippen LogP contribution >= 0.6 is 11.3 Å². The highest BCUT2D eigenvalue weighted by Crippen LogP contribution is 2.17. The molecule has 2 N–H and O–H groups in total. The molecule has 0 bridgehead atoms. The third-order valence-corrected chi connectivity index (χ3v) is 3.07. The summed E-state index contributed by atoms with van der Waals surface area (Å²) in [5.41, 5.74) is 0. The number of hydrogen-bond donors (Lipinski definition) is 2. The minimum atomic E-state index is 0.221. The first-order chi connectivity index (χ1) is 6.79. The van der Waals surface area contributed by atoms with Crippen LogP contribution in [-0.4, -0.2) is 42.5 Å². The molecule has 2 atom stereocenters. The van der Waals surface area contributed by atoms with Gasteiger partial charge in [-0.1, -0.05) is 11.3 Å². The molecule has 78 valence electrons. The van der Waals surface area contributed by atoms with Gasteiger partial charge in [0, 0.05) is 20.2 Å². The topological polar surface area (TPSA) is 59.1 Å². The summed E-state index contributed by atoms with van der Waals surface area (Å²) in [5.74, 6) is 0. The second-order valence-corrected chi connectivity index (χ2v) is 4.49. The number of nitrogens with zero attached hydrogens (tertiary/aromatic N) is 2. The van der Waals surface area contributed by atoms with Crippen molar-refractivity contribution < 1.29 is 4.74 Å². The Labute approximate surface area is 86.9 Å². The van der Waals surface area contributed by atoms with Crippen LogP contribution in [0, 0.1) is 6.92 Å². The van der Waals surface area contributed by atoms with E-state index in [2.05, 4.69) is 20.8 Å². The lowest BCUT2D eigenvalue weighted by Crippen LogP contribution is -2.33. The van der Waals surface area contributed by atoms with Crippen LogP contribution in [0.3, 0.4) is 0 Å². The molecule has 0 aromatic carbocycles. The van der Waals surface area contributed by atoms with Gasteiger partial charge < -0.3 is 15.4 Å². The Morgan fingerprint density at radius 2 is 2.36 bits per heavy atom. The number of anilines is 1. The van der Waals surface area contributed by atoms with Crippen molar-refractivity contribution in [1.82, 2.24) is 15.5 Å². The smallest absolute Gasteiger partial charge is 0.206 e. The molecule has 0 radical (unpaired) electrons. The molecule has 0 spiro atoms. The van der Waals surface area contributed by atoms with E-state index < -0.39 is 0 Å². The van der Waals surface area contributed by atoms with Gasteiger partial charge in [0.2, 0.25) is 5.13 Å². The van der Waals surface area contributed by atoms with Crippen LogP contribution in [0.1, 0.15) is 5.01 Å². The number of aryl methyl sites for hydroxylation is 1. The van der Waals surface area contributed by atoms with Gasteiger partial charge in [0.25, 0.3) is 0 Å². The normalized spacial score (nSPS) is 26.7. The van der Waals surface area contributed by atoms with Crippen LogP contribution < -0.4 is 10.6 Å². The predicted molar refractivity (Wildman–Crippen MR) is 55.7 cm³/mol. The molecule has 1 fully saturated rings. The summed E-state index contributed by atoms with van der Waals surface area (Å²) in [6.07, 6.45) is 0.221. The van der Waals surface area contributed by atoms with E-state index in [1.807, 2.05) is 6.92 Å². The van der Waals surface area contributed by atoms with Gasteiger partial charge in [-0.05, 0) is 6.92 Å². The molecule has 1 aromatic heterocycles. The molecule has 0 saturated carbocycles. The first-order valence-corrected chi connectivity index (χ1v) is 5.41. The number of methoxy groups -OCH3 is 1. The van der Waals surface area contributed by atoms with Crippen LogP contribution in [-0.2, 0) is 4.74 Å². The van der Waals surface area contributed by atoms with E-state index in [-0.39, 0.29) is 6.10 Å². The number of rotatable bonds is 3. The Bertz CT molecular complexity index is 303. The number of aromatic nitrogens is 2. The van der Waals surface area contributed by atoms with E-state index >= 15 is 0 Å². The summed E-state index contributed by atoms with van der Waals surface area (Å²) in [7, 11) is 1.73. The first-order valence-electron chi connectivity index (χ1n) is 4.60. The molecule has 0 amide bonds. The predicted octanol–water partition coefficient (Wildman–Crippen LogP) is 0.245. The lowest BCUT2D eigenvalue weighted by molar-refractivity contribution is 0.111. The monoisotopic (exact) mass is 214 g/mol. The fourth-order valence-corrected chi connectivity index (χ4v) is 2.21. The van der Waals surface area contributed by atoms with Crippen LogP contribution in [0.2, 0.25) is 0 Å². The van der Waals surface area contributed by atoms with Gasteiger partial charge >= 0.3 is 0 Å². The summed E-state index contributed by atoms with van der Waals surface area (Å²) in [4.78, 5) is 0. The van der Waals surface area contributed by atoms with E-state index in [9.17, 15) is 0 Å². The molecule has 14 heavy (non-hydrogen) atoms. The zero-order valence-corrected chi connectivity index (χ0v) is 9.10. The molecule has 2 heterocycles. The summed E-state index contributed by atoms with van der Waals surface area (Å²) in [6, 6.07) is 0.298. The number of hydrogen-bond acceptors (Lipinski definition) is 6. The van der Waals surface area contributed by atoms with E-state index in [0.29, 0.717) is 6.04 Å². The molecule has 5 nitrogen and oxygen atoms in total. The van der Waals surface area contributed by atoms with Crippen molar-refractivity contribution >= 4 is 16.5 Å². The van der Waals surface area contributed by atoms with Gasteiger partial charge in [0.1, 0.15) is 5.01 Å². The van der Waals surface area contributed by atoms with Crippen LogP contribution in [0.5, 0.6) is 0 Å². The van der Waals surface area contributed by atoms with Crippen LogP contribution in [0.25, 0.3) is 0 Å². The van der Waals surface area contributed by atoms with Crippen LogP contribution in [0.15, 0.2) is 0 Å². The summed E-state index contributed by atoms with van der Waals surface area (Å²) in [6.45, 7) is 3.76. The SMILES string of the molecule is CO[C@H]1CNCC1Nc1nnc(C)s1. The molecule has 1 aliphatic heterocycles. The summed E-state index contributed by atoms with van der Waals surface area (Å²) >= 11 is 1.57. The van der Waals surface area contributed by atoms with Crippen molar-refractivity contribution in [3.8, 4) is 0 Å². The summed E-state index contributed by atoms with van der Waals surface area (Å²) < 4.78 is 5.33. The average molecular weight is 214 g/mol. The third kappa shape index (κ3) is 2.02. The molecular weight excluding hydrogens is 200 g/mol. The van der Waals surface area contributed by atoms with Crippen molar-refractivity contribution in [2.45, 2.75) is 19.1 Å². The maximum atomic E-state index is 5.33. The maximum absolute atomic E-state index is 5.33. The van der Waals surface area contributed by atoms with Crippen molar-refractivity contribution in [1.29, 1.82) is 0 Å². The first kappa shape index (κ1) is 9.82. The molecule has 1 unspecified atom stereocenters. The fraction of sp³-hybridized carbons (Fsp3) is 0.750. The number of ether oxygens (including phenoxy) is 1. The zero-order chi connectivity index (χ0) is 9.97. The minimum absolute atomic E-state index is 0.221. The molecule has 1 aliphatic rings. The molecular formula is C8H14N4OS. The lowest BCUT2D eigenvalue weighted by Gasteiger charge is -2.17. The van der Waals surface area contributed by atoms with E-state index in [1.54, 1.807) is 18.4 Å².